The Morgan fingerprint density at radius 3 is 2.13 bits per heavy atom. The van der Waals surface area contributed by atoms with Gasteiger partial charge in [-0.1, -0.05) is 85.7 Å². The van der Waals surface area contributed by atoms with E-state index in [9.17, 15) is 29.1 Å². The lowest BCUT2D eigenvalue weighted by molar-refractivity contribution is -0.151. The van der Waals surface area contributed by atoms with Crippen LogP contribution >= 0.6 is 0 Å². The maximum atomic E-state index is 14.5. The molecule has 3 heterocycles. The number of ether oxygens (including phenoxy) is 1. The highest BCUT2D eigenvalue weighted by atomic mass is 16.6. The highest BCUT2D eigenvalue weighted by molar-refractivity contribution is 6.38. The molecule has 1 saturated heterocycles. The molecule has 272 valence electrons. The molecular weight excluding hydrogens is 664 g/mol. The number of carboxylic acids is 1. The van der Waals surface area contributed by atoms with Gasteiger partial charge < -0.3 is 25.4 Å². The summed E-state index contributed by atoms with van der Waals surface area (Å²) in [4.78, 5) is 69.9. The first-order valence-electron chi connectivity index (χ1n) is 18.3. The number of benzene rings is 2. The van der Waals surface area contributed by atoms with Gasteiger partial charge in [-0.15, -0.1) is 0 Å². The summed E-state index contributed by atoms with van der Waals surface area (Å²) in [6.07, 6.45) is 9.92. The van der Waals surface area contributed by atoms with Crippen molar-refractivity contribution in [1.82, 2.24) is 30.5 Å². The lowest BCUT2D eigenvalue weighted by Gasteiger charge is -2.29. The Kier molecular flexibility index (Phi) is 10.2. The smallest absolute Gasteiger partial charge is 0.408 e. The van der Waals surface area contributed by atoms with Crippen LogP contribution in [-0.4, -0.2) is 84.9 Å². The number of nitrogens with one attached hydrogen (secondary N) is 2. The van der Waals surface area contributed by atoms with Crippen LogP contribution in [0, 0.1) is 5.92 Å². The molecule has 52 heavy (non-hydrogen) atoms. The molecule has 0 unspecified atom stereocenters. The number of carbonyl (C=O) groups is 5. The summed E-state index contributed by atoms with van der Waals surface area (Å²) in [7, 11) is 0. The van der Waals surface area contributed by atoms with Crippen molar-refractivity contribution in [1.29, 1.82) is 0 Å². The number of aliphatic carboxylic acids is 1. The number of hydrogen-bond donors (Lipinski definition) is 3. The molecule has 2 aromatic carbocycles. The minimum atomic E-state index is -1.63. The van der Waals surface area contributed by atoms with Crippen molar-refractivity contribution < 1.29 is 33.8 Å². The normalized spacial score (nSPS) is 27.3. The summed E-state index contributed by atoms with van der Waals surface area (Å²) in [5.74, 6) is -4.28. The van der Waals surface area contributed by atoms with Gasteiger partial charge in [-0.3, -0.25) is 14.4 Å². The van der Waals surface area contributed by atoms with E-state index < -0.39 is 59.2 Å². The molecule has 1 aromatic heterocycles. The molecule has 3 amide bonds. The third-order valence-electron chi connectivity index (χ3n) is 10.8. The van der Waals surface area contributed by atoms with Crippen molar-refractivity contribution in [2.24, 2.45) is 5.92 Å². The van der Waals surface area contributed by atoms with Crippen LogP contribution in [0.2, 0.25) is 0 Å². The summed E-state index contributed by atoms with van der Waals surface area (Å²) >= 11 is 0. The zero-order valence-corrected chi connectivity index (χ0v) is 29.0. The van der Waals surface area contributed by atoms with Gasteiger partial charge in [-0.25, -0.2) is 9.59 Å². The fraction of sp³-hybridized carbons (Fsp3) is 0.462. The second kappa shape index (κ2) is 15.1. The molecule has 7 rings (SSSR count). The van der Waals surface area contributed by atoms with Crippen LogP contribution in [0.1, 0.15) is 76.7 Å². The van der Waals surface area contributed by atoms with Crippen molar-refractivity contribution >= 4 is 29.7 Å². The van der Waals surface area contributed by atoms with Gasteiger partial charge in [0.05, 0.1) is 6.04 Å². The SMILES string of the molecule is O=C(N[C@H]1CCCCC/C=C\[C@@H]2C[C@@]2(C(=O)C(=O)O)NC(=O)[C@@H]2C[C@@H](n3nc(-c4ccccc4)c(-c4ccccc4)n3)CN2C1=O)OC1CCCC1. The Balaban J connectivity index is 1.23. The van der Waals surface area contributed by atoms with E-state index in [1.54, 1.807) is 4.80 Å². The van der Waals surface area contributed by atoms with E-state index in [0.717, 1.165) is 49.7 Å². The molecule has 3 aromatic rings. The van der Waals surface area contributed by atoms with E-state index in [0.29, 0.717) is 30.7 Å². The molecule has 5 atom stereocenters. The molecule has 2 aliphatic carbocycles. The Morgan fingerprint density at radius 1 is 0.865 bits per heavy atom. The predicted molar refractivity (Wildman–Crippen MR) is 190 cm³/mol. The molecule has 0 radical (unpaired) electrons. The Labute approximate surface area is 301 Å². The summed E-state index contributed by atoms with van der Waals surface area (Å²) in [5, 5.41) is 25.1. The summed E-state index contributed by atoms with van der Waals surface area (Å²) in [6, 6.07) is 16.7. The lowest BCUT2D eigenvalue weighted by Crippen LogP contribution is -2.57. The van der Waals surface area contributed by atoms with Gasteiger partial charge in [0.1, 0.15) is 35.1 Å². The highest BCUT2D eigenvalue weighted by Gasteiger charge is 2.62. The van der Waals surface area contributed by atoms with Crippen molar-refractivity contribution in [3.63, 3.8) is 0 Å². The standard InChI is InChI=1S/C39H44N6O7/c46-34(37(49)50)39-23-27(39)18-10-2-1-3-11-21-30(40-38(51)52-29-19-12-13-20-29)36(48)44-24-28(22-31(44)35(47)41-39)45-42-32(25-14-6-4-7-15-25)33(43-45)26-16-8-5-9-17-26/h4-10,14-18,27-31H,1-3,11-13,19-24H2,(H,40,51)(H,41,47)(H,49,50)/b18-10-/t27-,28-,30+,31+,39-/m1/s1. The molecular formula is C39H44N6O7. The molecule has 3 fully saturated rings. The predicted octanol–water partition coefficient (Wildman–Crippen LogP) is 4.84. The number of rotatable bonds is 7. The van der Waals surface area contributed by atoms with Gasteiger partial charge in [-0.05, 0) is 51.4 Å². The minimum absolute atomic E-state index is 0.0487. The van der Waals surface area contributed by atoms with Crippen molar-refractivity contribution in [2.75, 3.05) is 6.54 Å². The quantitative estimate of drug-likeness (QED) is 0.229. The van der Waals surface area contributed by atoms with Crippen molar-refractivity contribution in [3.8, 4) is 22.5 Å². The minimum Gasteiger partial charge on any atom is -0.475 e. The molecule has 2 saturated carbocycles. The van der Waals surface area contributed by atoms with Crippen molar-refractivity contribution in [2.45, 2.75) is 100 Å². The number of fused-ring (bicyclic) bond motifs is 2. The van der Waals surface area contributed by atoms with Gasteiger partial charge in [-0.2, -0.15) is 15.0 Å². The fourth-order valence-corrected chi connectivity index (χ4v) is 7.85. The zero-order valence-electron chi connectivity index (χ0n) is 29.0. The van der Waals surface area contributed by atoms with Crippen LogP contribution in [0.3, 0.4) is 0 Å². The third kappa shape index (κ3) is 7.35. The van der Waals surface area contributed by atoms with Crippen LogP contribution in [0.25, 0.3) is 22.5 Å². The molecule has 13 nitrogen and oxygen atoms in total. The van der Waals surface area contributed by atoms with Crippen LogP contribution in [0.5, 0.6) is 0 Å². The molecule has 0 bridgehead atoms. The van der Waals surface area contributed by atoms with Gasteiger partial charge in [0, 0.05) is 30.0 Å². The number of nitrogens with zero attached hydrogens (tertiary/aromatic N) is 4. The molecule has 4 aliphatic rings. The number of allylic oxidation sites excluding steroid dienone is 1. The third-order valence-corrected chi connectivity index (χ3v) is 10.8. The van der Waals surface area contributed by atoms with Gasteiger partial charge in [0.15, 0.2) is 0 Å². The van der Waals surface area contributed by atoms with Crippen LogP contribution in [0.4, 0.5) is 4.79 Å². The number of carbonyl (C=O) groups excluding carboxylic acids is 4. The second-order valence-corrected chi connectivity index (χ2v) is 14.3. The Hall–Kier alpha value is -5.33. The molecule has 0 spiro atoms. The fourth-order valence-electron chi connectivity index (χ4n) is 7.85. The Bertz CT molecular complexity index is 1780. The first-order valence-corrected chi connectivity index (χ1v) is 18.3. The average molecular weight is 709 g/mol. The van der Waals surface area contributed by atoms with E-state index in [1.807, 2.05) is 72.8 Å². The van der Waals surface area contributed by atoms with Crippen LogP contribution in [0.15, 0.2) is 72.8 Å². The summed E-state index contributed by atoms with van der Waals surface area (Å²) in [6.45, 7) is 0.0487. The highest BCUT2D eigenvalue weighted by Crippen LogP contribution is 2.46. The lowest BCUT2D eigenvalue weighted by atomic mass is 10.0. The van der Waals surface area contributed by atoms with Crippen molar-refractivity contribution in [3.05, 3.63) is 72.8 Å². The van der Waals surface area contributed by atoms with Gasteiger partial charge >= 0.3 is 12.1 Å². The maximum absolute atomic E-state index is 14.5. The maximum Gasteiger partial charge on any atom is 0.408 e. The molecule has 2 aliphatic heterocycles. The summed E-state index contributed by atoms with van der Waals surface area (Å²) in [5.41, 5.74) is 1.38. The van der Waals surface area contributed by atoms with E-state index >= 15 is 0 Å². The van der Waals surface area contributed by atoms with E-state index in [1.165, 1.54) is 4.90 Å². The largest absolute Gasteiger partial charge is 0.475 e. The van der Waals surface area contributed by atoms with E-state index in [-0.39, 0.29) is 25.5 Å². The topological polar surface area (TPSA) is 173 Å². The molecule has 13 heteroatoms. The van der Waals surface area contributed by atoms with Crippen LogP contribution in [-0.2, 0) is 23.9 Å². The van der Waals surface area contributed by atoms with Gasteiger partial charge in [0.25, 0.3) is 5.78 Å². The van der Waals surface area contributed by atoms with Crippen LogP contribution < -0.4 is 10.6 Å². The first-order chi connectivity index (χ1) is 25.2. The zero-order chi connectivity index (χ0) is 36.2. The second-order valence-electron chi connectivity index (χ2n) is 14.3. The number of carboxylic acid groups (broad SMARTS) is 1. The number of aromatic nitrogens is 3. The number of ketones is 1. The molecule has 3 N–H and O–H groups in total. The number of amides is 3. The average Bonchev–Trinajstić information content (AvgIpc) is 3.60. The van der Waals surface area contributed by atoms with E-state index in [4.69, 9.17) is 14.9 Å². The number of Topliss-reactive ketones (excluding diaryl/α,β-unsaturated/α-hetero) is 1. The number of alkyl carbamates (subject to hydrolysis) is 1. The Morgan fingerprint density at radius 2 is 1.50 bits per heavy atom. The summed E-state index contributed by atoms with van der Waals surface area (Å²) < 4.78 is 5.67. The van der Waals surface area contributed by atoms with E-state index in [2.05, 4.69) is 10.6 Å². The van der Waals surface area contributed by atoms with Gasteiger partial charge in [0.2, 0.25) is 11.8 Å². The first kappa shape index (κ1) is 35.1. The monoisotopic (exact) mass is 708 g/mol. The number of hydrogen-bond acceptors (Lipinski definition) is 8.